The van der Waals surface area contributed by atoms with Crippen LogP contribution < -0.4 is 22.1 Å². The van der Waals surface area contributed by atoms with Gasteiger partial charge in [-0.25, -0.2) is 0 Å². The number of hydrogen-bond donors (Lipinski definition) is 4. The van der Waals surface area contributed by atoms with Crippen LogP contribution in [0.4, 0.5) is 0 Å². The summed E-state index contributed by atoms with van der Waals surface area (Å²) in [7, 11) is 0. The zero-order chi connectivity index (χ0) is 11.4. The molecule has 0 aromatic heterocycles. The Labute approximate surface area is 91.8 Å². The molecular formula is C9H22N4S. The minimum absolute atomic E-state index is 0.186. The van der Waals surface area contributed by atoms with E-state index in [0.29, 0.717) is 18.2 Å². The minimum Gasteiger partial charge on any atom is -0.357 e. The molecule has 0 aliphatic heterocycles. The van der Waals surface area contributed by atoms with Crippen molar-refractivity contribution in [3.63, 3.8) is 0 Å². The van der Waals surface area contributed by atoms with Crippen LogP contribution in [0.1, 0.15) is 27.7 Å². The van der Waals surface area contributed by atoms with Crippen molar-refractivity contribution in [2.75, 3.05) is 13.1 Å². The zero-order valence-electron chi connectivity index (χ0n) is 9.48. The molecule has 6 N–H and O–H groups in total. The first-order valence-electron chi connectivity index (χ1n) is 4.73. The van der Waals surface area contributed by atoms with Crippen LogP contribution in [0.3, 0.4) is 0 Å². The smallest absolute Gasteiger partial charge is 0.167 e. The number of nitrogens with two attached hydrogens (primary N) is 2. The summed E-state index contributed by atoms with van der Waals surface area (Å²) in [4.78, 5) is 0. The Balaban J connectivity index is 4.12. The lowest BCUT2D eigenvalue weighted by atomic mass is 10.1. The van der Waals surface area contributed by atoms with Crippen molar-refractivity contribution in [1.29, 1.82) is 0 Å². The van der Waals surface area contributed by atoms with Gasteiger partial charge in [0, 0.05) is 24.2 Å². The van der Waals surface area contributed by atoms with Gasteiger partial charge in [-0.05, 0) is 39.9 Å². The average Bonchev–Trinajstić information content (AvgIpc) is 2.02. The van der Waals surface area contributed by atoms with Gasteiger partial charge in [0.1, 0.15) is 0 Å². The summed E-state index contributed by atoms with van der Waals surface area (Å²) in [6.45, 7) is 9.04. The van der Waals surface area contributed by atoms with E-state index in [4.69, 9.17) is 23.7 Å². The number of rotatable bonds is 4. The van der Waals surface area contributed by atoms with Gasteiger partial charge in [0.05, 0.1) is 0 Å². The van der Waals surface area contributed by atoms with Gasteiger partial charge in [-0.15, -0.1) is 0 Å². The van der Waals surface area contributed by atoms with Gasteiger partial charge >= 0.3 is 0 Å². The highest BCUT2D eigenvalue weighted by molar-refractivity contribution is 7.80. The molecule has 0 saturated heterocycles. The van der Waals surface area contributed by atoms with Crippen molar-refractivity contribution in [3.8, 4) is 0 Å². The molecule has 0 spiro atoms. The van der Waals surface area contributed by atoms with Gasteiger partial charge in [-0.2, -0.15) is 0 Å². The third-order valence-electron chi connectivity index (χ3n) is 1.92. The molecule has 0 saturated carbocycles. The molecular weight excluding hydrogens is 196 g/mol. The minimum atomic E-state index is -0.186. The predicted molar refractivity (Wildman–Crippen MR) is 65.1 cm³/mol. The standard InChI is InChI=1S/C9H22N4S/c1-8(2,5-10)12-7(14)13-9(3,4)6-11/h5-6,10-11H2,1-4H3,(H2,12,13,14). The van der Waals surface area contributed by atoms with Gasteiger partial charge in [0.2, 0.25) is 0 Å². The van der Waals surface area contributed by atoms with Crippen LogP contribution in [0.2, 0.25) is 0 Å². The summed E-state index contributed by atoms with van der Waals surface area (Å²) < 4.78 is 0. The van der Waals surface area contributed by atoms with Crippen molar-refractivity contribution in [2.24, 2.45) is 11.5 Å². The average molecular weight is 218 g/mol. The molecule has 0 heterocycles. The lowest BCUT2D eigenvalue weighted by Gasteiger charge is -2.31. The lowest BCUT2D eigenvalue weighted by Crippen LogP contribution is -2.58. The Morgan fingerprint density at radius 3 is 1.50 bits per heavy atom. The SMILES string of the molecule is CC(C)(CN)NC(=S)NC(C)(C)CN. The van der Waals surface area contributed by atoms with Gasteiger partial charge in [0.15, 0.2) is 5.11 Å². The number of nitrogens with one attached hydrogen (secondary N) is 2. The zero-order valence-corrected chi connectivity index (χ0v) is 10.3. The summed E-state index contributed by atoms with van der Waals surface area (Å²) in [6, 6.07) is 0. The fourth-order valence-electron chi connectivity index (χ4n) is 0.748. The Hall–Kier alpha value is -0.390. The topological polar surface area (TPSA) is 76.1 Å². The first kappa shape index (κ1) is 13.6. The van der Waals surface area contributed by atoms with E-state index in [9.17, 15) is 0 Å². The second-order valence-electron chi connectivity index (χ2n) is 4.76. The van der Waals surface area contributed by atoms with E-state index in [2.05, 4.69) is 10.6 Å². The molecule has 4 nitrogen and oxygen atoms in total. The van der Waals surface area contributed by atoms with E-state index in [1.54, 1.807) is 0 Å². The predicted octanol–water partition coefficient (Wildman–Crippen LogP) is -0.0749. The highest BCUT2D eigenvalue weighted by Crippen LogP contribution is 2.01. The van der Waals surface area contributed by atoms with E-state index in [1.807, 2.05) is 27.7 Å². The molecule has 84 valence electrons. The van der Waals surface area contributed by atoms with Crippen molar-refractivity contribution < 1.29 is 0 Å². The van der Waals surface area contributed by atoms with E-state index in [1.165, 1.54) is 0 Å². The van der Waals surface area contributed by atoms with Crippen LogP contribution >= 0.6 is 12.2 Å². The summed E-state index contributed by atoms with van der Waals surface area (Å²) in [6.07, 6.45) is 0. The first-order valence-corrected chi connectivity index (χ1v) is 5.14. The van der Waals surface area contributed by atoms with E-state index >= 15 is 0 Å². The fourth-order valence-corrected chi connectivity index (χ4v) is 1.30. The largest absolute Gasteiger partial charge is 0.357 e. The quantitative estimate of drug-likeness (QED) is 0.497. The molecule has 0 aliphatic rings. The second kappa shape index (κ2) is 4.91. The molecule has 0 fully saturated rings. The third kappa shape index (κ3) is 5.36. The first-order chi connectivity index (χ1) is 6.22. The van der Waals surface area contributed by atoms with Crippen LogP contribution in [0.25, 0.3) is 0 Å². The fraction of sp³-hybridized carbons (Fsp3) is 0.889. The molecule has 5 heteroatoms. The van der Waals surface area contributed by atoms with E-state index < -0.39 is 0 Å². The van der Waals surface area contributed by atoms with Crippen LogP contribution in [0.15, 0.2) is 0 Å². The van der Waals surface area contributed by atoms with Gasteiger partial charge in [-0.3, -0.25) is 0 Å². The molecule has 0 radical (unpaired) electrons. The van der Waals surface area contributed by atoms with Crippen LogP contribution in [-0.4, -0.2) is 29.3 Å². The van der Waals surface area contributed by atoms with Crippen molar-refractivity contribution >= 4 is 17.3 Å². The highest BCUT2D eigenvalue weighted by Gasteiger charge is 2.20. The van der Waals surface area contributed by atoms with E-state index in [0.717, 1.165) is 0 Å². The van der Waals surface area contributed by atoms with Crippen LogP contribution in [-0.2, 0) is 0 Å². The number of hydrogen-bond acceptors (Lipinski definition) is 3. The molecule has 14 heavy (non-hydrogen) atoms. The van der Waals surface area contributed by atoms with Gasteiger partial charge in [0.25, 0.3) is 0 Å². The molecule has 0 bridgehead atoms. The molecule has 0 amide bonds. The summed E-state index contributed by atoms with van der Waals surface area (Å²) in [5.74, 6) is 0. The maximum absolute atomic E-state index is 5.58. The van der Waals surface area contributed by atoms with Crippen LogP contribution in [0, 0.1) is 0 Å². The highest BCUT2D eigenvalue weighted by atomic mass is 32.1. The molecule has 0 aliphatic carbocycles. The molecule has 0 rings (SSSR count). The molecule has 0 unspecified atom stereocenters. The summed E-state index contributed by atoms with van der Waals surface area (Å²) in [5.41, 5.74) is 10.8. The van der Waals surface area contributed by atoms with Crippen molar-refractivity contribution in [1.82, 2.24) is 10.6 Å². The number of thiocarbonyl (C=S) groups is 1. The molecule has 0 atom stereocenters. The van der Waals surface area contributed by atoms with Gasteiger partial charge < -0.3 is 22.1 Å². The molecule has 0 aromatic rings. The Morgan fingerprint density at radius 2 is 1.29 bits per heavy atom. The second-order valence-corrected chi connectivity index (χ2v) is 5.16. The Kier molecular flexibility index (Phi) is 4.77. The summed E-state index contributed by atoms with van der Waals surface area (Å²) in [5, 5.41) is 6.87. The normalized spacial score (nSPS) is 12.4. The van der Waals surface area contributed by atoms with Gasteiger partial charge in [-0.1, -0.05) is 0 Å². The Bertz CT molecular complexity index is 181. The maximum atomic E-state index is 5.58. The van der Waals surface area contributed by atoms with Crippen molar-refractivity contribution in [2.45, 2.75) is 38.8 Å². The molecule has 0 aromatic carbocycles. The summed E-state index contributed by atoms with van der Waals surface area (Å²) >= 11 is 5.15. The monoisotopic (exact) mass is 218 g/mol. The van der Waals surface area contributed by atoms with E-state index in [-0.39, 0.29) is 11.1 Å². The third-order valence-corrected chi connectivity index (χ3v) is 2.13. The maximum Gasteiger partial charge on any atom is 0.167 e. The van der Waals surface area contributed by atoms with Crippen molar-refractivity contribution in [3.05, 3.63) is 0 Å². The lowest BCUT2D eigenvalue weighted by molar-refractivity contribution is 0.433. The van der Waals surface area contributed by atoms with Crippen LogP contribution in [0.5, 0.6) is 0 Å². The Morgan fingerprint density at radius 1 is 1.00 bits per heavy atom.